The summed E-state index contributed by atoms with van der Waals surface area (Å²) in [7, 11) is 0. The largest absolute Gasteiger partial charge is 0.465 e. The van der Waals surface area contributed by atoms with E-state index in [4.69, 9.17) is 10.5 Å². The number of nitrogens with two attached hydrogens (primary N) is 1. The molecular formula is C19H16F3NO2. The van der Waals surface area contributed by atoms with Crippen molar-refractivity contribution in [1.29, 1.82) is 0 Å². The van der Waals surface area contributed by atoms with Crippen molar-refractivity contribution in [1.82, 2.24) is 0 Å². The molecule has 3 rings (SSSR count). The summed E-state index contributed by atoms with van der Waals surface area (Å²) in [6, 6.07) is 12.2. The van der Waals surface area contributed by atoms with Crippen molar-refractivity contribution in [2.75, 3.05) is 0 Å². The van der Waals surface area contributed by atoms with Crippen LogP contribution in [0.1, 0.15) is 29.2 Å². The van der Waals surface area contributed by atoms with Crippen LogP contribution in [0.5, 0.6) is 0 Å². The molecule has 0 aliphatic carbocycles. The number of hydrogen-bond donors (Lipinski definition) is 1. The summed E-state index contributed by atoms with van der Waals surface area (Å²) in [5, 5.41) is 0. The van der Waals surface area contributed by atoms with E-state index < -0.39 is 23.2 Å². The summed E-state index contributed by atoms with van der Waals surface area (Å²) in [6.45, 7) is 2.87. The Hall–Kier alpha value is -2.60. The molecule has 0 amide bonds. The van der Waals surface area contributed by atoms with Gasteiger partial charge in [0.2, 0.25) is 11.5 Å². The van der Waals surface area contributed by atoms with Crippen LogP contribution in [-0.4, -0.2) is 5.78 Å². The third-order valence-electron chi connectivity index (χ3n) is 4.34. The number of carbonyl (C=O) groups excluding carboxylic acids is 1. The Kier molecular flexibility index (Phi) is 3.95. The molecule has 0 bridgehead atoms. The molecule has 25 heavy (non-hydrogen) atoms. The SMILES string of the molecule is CC1=C(c2cccc(C(F)(F)F)c2C)C(=O)C(N)(c2ccccc2)O1. The molecule has 0 saturated carbocycles. The van der Waals surface area contributed by atoms with E-state index in [-0.39, 0.29) is 22.5 Å². The zero-order valence-corrected chi connectivity index (χ0v) is 13.6. The molecule has 6 heteroatoms. The van der Waals surface area contributed by atoms with Gasteiger partial charge in [-0.2, -0.15) is 13.2 Å². The number of halogens is 3. The van der Waals surface area contributed by atoms with Gasteiger partial charge in [0.05, 0.1) is 11.1 Å². The topological polar surface area (TPSA) is 52.3 Å². The predicted octanol–water partition coefficient (Wildman–Crippen LogP) is 4.16. The first-order valence-corrected chi connectivity index (χ1v) is 7.62. The number of ketones is 1. The van der Waals surface area contributed by atoms with Crippen LogP contribution in [0.4, 0.5) is 13.2 Å². The van der Waals surface area contributed by atoms with Crippen molar-refractivity contribution in [3.8, 4) is 0 Å². The molecular weight excluding hydrogens is 331 g/mol. The summed E-state index contributed by atoms with van der Waals surface area (Å²) < 4.78 is 45.1. The highest BCUT2D eigenvalue weighted by Gasteiger charge is 2.48. The molecule has 1 aliphatic rings. The first kappa shape index (κ1) is 17.2. The molecule has 0 aromatic heterocycles. The summed E-state index contributed by atoms with van der Waals surface area (Å²) in [5.74, 6) is -0.350. The van der Waals surface area contributed by atoms with Crippen LogP contribution in [-0.2, 0) is 21.4 Å². The molecule has 0 radical (unpaired) electrons. The van der Waals surface area contributed by atoms with E-state index in [9.17, 15) is 18.0 Å². The molecule has 2 aromatic rings. The zero-order chi connectivity index (χ0) is 18.4. The van der Waals surface area contributed by atoms with Gasteiger partial charge in [-0.25, -0.2) is 0 Å². The van der Waals surface area contributed by atoms with E-state index in [1.165, 1.54) is 26.0 Å². The molecule has 1 aliphatic heterocycles. The van der Waals surface area contributed by atoms with Crippen LogP contribution in [0.3, 0.4) is 0 Å². The second-order valence-electron chi connectivity index (χ2n) is 5.94. The monoisotopic (exact) mass is 347 g/mol. The molecule has 2 aromatic carbocycles. The van der Waals surface area contributed by atoms with Crippen molar-refractivity contribution in [3.63, 3.8) is 0 Å². The maximum Gasteiger partial charge on any atom is 0.416 e. The van der Waals surface area contributed by atoms with E-state index in [1.54, 1.807) is 30.3 Å². The molecule has 2 N–H and O–H groups in total. The minimum atomic E-state index is -4.50. The Morgan fingerprint density at radius 2 is 1.64 bits per heavy atom. The number of alkyl halides is 3. The standard InChI is InChI=1S/C19H16F3NO2/c1-11-14(9-6-10-15(11)19(20,21)22)16-12(2)25-18(23,17(16)24)13-7-4-3-5-8-13/h3-10H,23H2,1-2H3. The van der Waals surface area contributed by atoms with Gasteiger partial charge >= 0.3 is 6.18 Å². The van der Waals surface area contributed by atoms with Gasteiger partial charge in [0.15, 0.2) is 0 Å². The molecule has 0 saturated heterocycles. The Labute approximate surface area is 142 Å². The lowest BCUT2D eigenvalue weighted by Crippen LogP contribution is -2.43. The lowest BCUT2D eigenvalue weighted by Gasteiger charge is -2.23. The van der Waals surface area contributed by atoms with Crippen molar-refractivity contribution >= 4 is 11.4 Å². The number of carbonyl (C=O) groups is 1. The molecule has 3 nitrogen and oxygen atoms in total. The average molecular weight is 347 g/mol. The average Bonchev–Trinajstić information content (AvgIpc) is 2.78. The Morgan fingerprint density at radius 3 is 2.24 bits per heavy atom. The molecule has 130 valence electrons. The second-order valence-corrected chi connectivity index (χ2v) is 5.94. The molecule has 0 spiro atoms. The van der Waals surface area contributed by atoms with Crippen LogP contribution in [0, 0.1) is 6.92 Å². The lowest BCUT2D eigenvalue weighted by molar-refractivity contribution is -0.138. The summed E-state index contributed by atoms with van der Waals surface area (Å²) in [6.07, 6.45) is -4.50. The van der Waals surface area contributed by atoms with Gasteiger partial charge < -0.3 is 4.74 Å². The maximum absolute atomic E-state index is 13.2. The Balaban J connectivity index is 2.11. The highest BCUT2D eigenvalue weighted by Crippen LogP contribution is 2.42. The lowest BCUT2D eigenvalue weighted by atomic mass is 9.89. The Morgan fingerprint density at radius 1 is 1.00 bits per heavy atom. The van der Waals surface area contributed by atoms with Gasteiger partial charge in [-0.05, 0) is 31.0 Å². The van der Waals surface area contributed by atoms with E-state index in [0.717, 1.165) is 6.07 Å². The van der Waals surface area contributed by atoms with E-state index in [0.29, 0.717) is 5.56 Å². The quantitative estimate of drug-likeness (QED) is 0.888. The number of benzene rings is 2. The molecule has 0 fully saturated rings. The third-order valence-corrected chi connectivity index (χ3v) is 4.34. The van der Waals surface area contributed by atoms with Crippen molar-refractivity contribution < 1.29 is 22.7 Å². The fraction of sp³-hybridized carbons (Fsp3) is 0.211. The normalized spacial score (nSPS) is 20.8. The second kappa shape index (κ2) is 5.74. The van der Waals surface area contributed by atoms with Crippen LogP contribution in [0.25, 0.3) is 5.57 Å². The van der Waals surface area contributed by atoms with Crippen LogP contribution in [0.2, 0.25) is 0 Å². The van der Waals surface area contributed by atoms with Crippen LogP contribution < -0.4 is 5.73 Å². The number of allylic oxidation sites excluding steroid dienone is 1. The zero-order valence-electron chi connectivity index (χ0n) is 13.6. The third kappa shape index (κ3) is 2.72. The first-order chi connectivity index (χ1) is 11.7. The molecule has 1 atom stereocenters. The first-order valence-electron chi connectivity index (χ1n) is 7.62. The molecule has 1 unspecified atom stereocenters. The van der Waals surface area contributed by atoms with Gasteiger partial charge in [0.25, 0.3) is 0 Å². The summed E-state index contributed by atoms with van der Waals surface area (Å²) >= 11 is 0. The van der Waals surface area contributed by atoms with Crippen molar-refractivity contribution in [2.45, 2.75) is 25.7 Å². The highest BCUT2D eigenvalue weighted by molar-refractivity contribution is 6.27. The van der Waals surface area contributed by atoms with Gasteiger partial charge in [-0.15, -0.1) is 0 Å². The smallest absolute Gasteiger partial charge is 0.416 e. The Bertz CT molecular complexity index is 872. The van der Waals surface area contributed by atoms with Gasteiger partial charge in [0.1, 0.15) is 5.76 Å². The van der Waals surface area contributed by atoms with E-state index in [2.05, 4.69) is 0 Å². The number of Topliss-reactive ketones (excluding diaryl/α,β-unsaturated/α-hetero) is 1. The maximum atomic E-state index is 13.2. The van der Waals surface area contributed by atoms with Crippen molar-refractivity contribution in [3.05, 3.63) is 76.5 Å². The highest BCUT2D eigenvalue weighted by atomic mass is 19.4. The van der Waals surface area contributed by atoms with E-state index in [1.807, 2.05) is 0 Å². The molecule has 1 heterocycles. The van der Waals surface area contributed by atoms with Gasteiger partial charge in [-0.3, -0.25) is 10.5 Å². The van der Waals surface area contributed by atoms with Gasteiger partial charge in [0, 0.05) is 5.56 Å². The number of rotatable bonds is 2. The summed E-state index contributed by atoms with van der Waals surface area (Å²) in [4.78, 5) is 13.0. The summed E-state index contributed by atoms with van der Waals surface area (Å²) in [5.41, 5.74) is 4.33. The van der Waals surface area contributed by atoms with Crippen LogP contribution >= 0.6 is 0 Å². The number of hydrogen-bond acceptors (Lipinski definition) is 3. The minimum Gasteiger partial charge on any atom is -0.465 e. The minimum absolute atomic E-state index is 0.0291. The fourth-order valence-corrected chi connectivity index (χ4v) is 3.09. The fourth-order valence-electron chi connectivity index (χ4n) is 3.09. The number of ether oxygens (including phenoxy) is 1. The van der Waals surface area contributed by atoms with Gasteiger partial charge in [-0.1, -0.05) is 42.5 Å². The van der Waals surface area contributed by atoms with Crippen LogP contribution in [0.15, 0.2) is 54.3 Å². The predicted molar refractivity (Wildman–Crippen MR) is 87.2 cm³/mol. The van der Waals surface area contributed by atoms with E-state index >= 15 is 0 Å². The van der Waals surface area contributed by atoms with Crippen molar-refractivity contribution in [2.24, 2.45) is 5.73 Å².